The number of halogens is 2. The van der Waals surface area contributed by atoms with Crippen LogP contribution in [0.1, 0.15) is 68.5 Å². The number of nitrogens with one attached hydrogen (secondary N) is 1. The van der Waals surface area contributed by atoms with Gasteiger partial charge in [0.05, 0.1) is 24.3 Å². The number of fused-ring (bicyclic) bond motifs is 7. The molecule has 3 fully saturated rings. The lowest BCUT2D eigenvalue weighted by Gasteiger charge is -2.41. The van der Waals surface area contributed by atoms with Crippen molar-refractivity contribution in [1.29, 1.82) is 0 Å². The topological polar surface area (TPSA) is 64.0 Å². The molecule has 2 bridgehead atoms. The molecular formula is C29H29F2N3O2. The Kier molecular flexibility index (Phi) is 5.54. The maximum absolute atomic E-state index is 13.9. The zero-order valence-corrected chi connectivity index (χ0v) is 20.1. The normalized spacial score (nSPS) is 26.2. The molecule has 2 heterocycles. The monoisotopic (exact) mass is 489 g/mol. The summed E-state index contributed by atoms with van der Waals surface area (Å²) in [5.74, 6) is -1.56. The third kappa shape index (κ3) is 3.67. The van der Waals surface area contributed by atoms with Gasteiger partial charge in [0.25, 0.3) is 0 Å². The number of hydrogen-bond donors (Lipinski definition) is 1. The molecule has 1 aliphatic heterocycles. The lowest BCUT2D eigenvalue weighted by Crippen LogP contribution is -2.45. The number of imidazole rings is 1. The van der Waals surface area contributed by atoms with Crippen LogP contribution in [0, 0.1) is 22.5 Å². The van der Waals surface area contributed by atoms with Gasteiger partial charge >= 0.3 is 0 Å². The van der Waals surface area contributed by atoms with E-state index in [2.05, 4.69) is 27.0 Å². The highest BCUT2D eigenvalue weighted by molar-refractivity contribution is 5.88. The minimum atomic E-state index is -0.914. The van der Waals surface area contributed by atoms with Crippen LogP contribution in [0.2, 0.25) is 0 Å². The number of carbonyl (C=O) groups excluding carboxylic acids is 2. The summed E-state index contributed by atoms with van der Waals surface area (Å²) in [5.41, 5.74) is 3.04. The fourth-order valence-corrected chi connectivity index (χ4v) is 6.78. The van der Waals surface area contributed by atoms with Crippen molar-refractivity contribution in [2.24, 2.45) is 10.8 Å². The molecule has 7 heteroatoms. The standard InChI is InChI=1S/C29H29F2N3O2/c30-22-7-6-19(14-23(22)31)16-33-27(36)29-9-3-8-28(10-12-29,11-13-29)26(35)15-24-20-4-1-2-5-21(20)25-17-32-18-34(24)25/h1-2,4-7,14,17-18,24H,3,8-13,15-16H2,(H,33,36). The summed E-state index contributed by atoms with van der Waals surface area (Å²) in [5, 5.41) is 2.96. The van der Waals surface area contributed by atoms with E-state index >= 15 is 0 Å². The molecule has 4 aliphatic rings. The van der Waals surface area contributed by atoms with E-state index < -0.39 is 17.0 Å². The van der Waals surface area contributed by atoms with Gasteiger partial charge in [-0.05, 0) is 61.8 Å². The van der Waals surface area contributed by atoms with E-state index in [1.807, 2.05) is 24.7 Å². The van der Waals surface area contributed by atoms with Gasteiger partial charge < -0.3 is 9.88 Å². The van der Waals surface area contributed by atoms with E-state index in [1.165, 1.54) is 11.6 Å². The molecule has 5 nitrogen and oxygen atoms in total. The summed E-state index contributed by atoms with van der Waals surface area (Å²) in [6.07, 6.45) is 9.32. The maximum Gasteiger partial charge on any atom is 0.226 e. The minimum Gasteiger partial charge on any atom is -0.352 e. The quantitative estimate of drug-likeness (QED) is 0.481. The second-order valence-corrected chi connectivity index (χ2v) is 10.8. The van der Waals surface area contributed by atoms with Gasteiger partial charge in [0.15, 0.2) is 11.6 Å². The van der Waals surface area contributed by atoms with Gasteiger partial charge in [0.2, 0.25) is 5.91 Å². The first-order valence-corrected chi connectivity index (χ1v) is 12.8. The van der Waals surface area contributed by atoms with Crippen molar-refractivity contribution < 1.29 is 18.4 Å². The molecule has 0 radical (unpaired) electrons. The van der Waals surface area contributed by atoms with Crippen molar-refractivity contribution in [3.05, 3.63) is 77.8 Å². The molecule has 1 aromatic heterocycles. The Hall–Kier alpha value is -3.35. The predicted molar refractivity (Wildman–Crippen MR) is 131 cm³/mol. The Labute approximate surface area is 208 Å². The van der Waals surface area contributed by atoms with Crippen molar-refractivity contribution in [2.75, 3.05) is 0 Å². The van der Waals surface area contributed by atoms with Gasteiger partial charge in [-0.3, -0.25) is 9.59 Å². The van der Waals surface area contributed by atoms with E-state index in [4.69, 9.17) is 0 Å². The Bertz CT molecular complexity index is 1340. The van der Waals surface area contributed by atoms with Crippen molar-refractivity contribution >= 4 is 11.7 Å². The van der Waals surface area contributed by atoms with Gasteiger partial charge in [-0.1, -0.05) is 36.8 Å². The maximum atomic E-state index is 13.9. The van der Waals surface area contributed by atoms with Crippen molar-refractivity contribution in [2.45, 2.75) is 64.0 Å². The summed E-state index contributed by atoms with van der Waals surface area (Å²) >= 11 is 0. The number of carbonyl (C=O) groups is 2. The van der Waals surface area contributed by atoms with Gasteiger partial charge in [-0.2, -0.15) is 0 Å². The van der Waals surface area contributed by atoms with Crippen LogP contribution < -0.4 is 5.32 Å². The molecular weight excluding hydrogens is 460 g/mol. The van der Waals surface area contributed by atoms with Crippen LogP contribution in [-0.4, -0.2) is 21.2 Å². The van der Waals surface area contributed by atoms with Crippen LogP contribution in [0.25, 0.3) is 11.3 Å². The van der Waals surface area contributed by atoms with Crippen LogP contribution >= 0.6 is 0 Å². The molecule has 3 saturated carbocycles. The van der Waals surface area contributed by atoms with Gasteiger partial charge in [-0.15, -0.1) is 0 Å². The minimum absolute atomic E-state index is 0.0325. The predicted octanol–water partition coefficient (Wildman–Crippen LogP) is 5.74. The third-order valence-electron chi connectivity index (χ3n) is 8.96. The van der Waals surface area contributed by atoms with Crippen molar-refractivity contribution in [3.63, 3.8) is 0 Å². The number of aromatic nitrogens is 2. The zero-order valence-electron chi connectivity index (χ0n) is 20.1. The molecule has 1 amide bonds. The van der Waals surface area contributed by atoms with Crippen molar-refractivity contribution in [3.8, 4) is 11.3 Å². The number of nitrogens with zero attached hydrogens (tertiary/aromatic N) is 2. The van der Waals surface area contributed by atoms with E-state index in [-0.39, 0.29) is 23.9 Å². The number of ketones is 1. The fourth-order valence-electron chi connectivity index (χ4n) is 6.78. The first kappa shape index (κ1) is 23.1. The number of hydrogen-bond acceptors (Lipinski definition) is 3. The second-order valence-electron chi connectivity index (χ2n) is 10.8. The highest BCUT2D eigenvalue weighted by Gasteiger charge is 2.52. The molecule has 2 aromatic carbocycles. The number of Topliss-reactive ketones (excluding diaryl/α,β-unsaturated/α-hetero) is 1. The average molecular weight is 490 g/mol. The average Bonchev–Trinajstić information content (AvgIpc) is 3.35. The number of rotatable bonds is 6. The summed E-state index contributed by atoms with van der Waals surface area (Å²) in [7, 11) is 0. The molecule has 3 aromatic rings. The van der Waals surface area contributed by atoms with Gasteiger partial charge in [-0.25, -0.2) is 13.8 Å². The summed E-state index contributed by atoms with van der Waals surface area (Å²) in [6.45, 7) is 0.163. The van der Waals surface area contributed by atoms with E-state index in [0.717, 1.165) is 55.5 Å². The first-order chi connectivity index (χ1) is 17.4. The highest BCUT2D eigenvalue weighted by Crippen LogP contribution is 2.56. The van der Waals surface area contributed by atoms with Crippen LogP contribution in [0.15, 0.2) is 55.0 Å². The summed E-state index contributed by atoms with van der Waals surface area (Å²) < 4.78 is 28.9. The van der Waals surface area contributed by atoms with E-state index in [1.54, 1.807) is 0 Å². The SMILES string of the molecule is O=C(CC1c2ccccc2-c2cncn21)C12CCCC(C(=O)NCc3ccc(F)c(F)c3)(CC1)CC2. The lowest BCUT2D eigenvalue weighted by molar-refractivity contribution is -0.139. The van der Waals surface area contributed by atoms with E-state index in [0.29, 0.717) is 30.6 Å². The van der Waals surface area contributed by atoms with E-state index in [9.17, 15) is 18.4 Å². The highest BCUT2D eigenvalue weighted by atomic mass is 19.2. The zero-order chi connectivity index (χ0) is 24.9. The fraction of sp³-hybridized carbons (Fsp3) is 0.414. The molecule has 0 saturated heterocycles. The molecule has 186 valence electrons. The van der Waals surface area contributed by atoms with Crippen LogP contribution in [0.5, 0.6) is 0 Å². The Morgan fingerprint density at radius 1 is 0.972 bits per heavy atom. The third-order valence-corrected chi connectivity index (χ3v) is 8.96. The van der Waals surface area contributed by atoms with Crippen LogP contribution in [0.3, 0.4) is 0 Å². The molecule has 1 atom stereocenters. The Morgan fingerprint density at radius 2 is 1.72 bits per heavy atom. The number of benzene rings is 2. The largest absolute Gasteiger partial charge is 0.352 e. The van der Waals surface area contributed by atoms with Crippen LogP contribution in [0.4, 0.5) is 8.78 Å². The smallest absolute Gasteiger partial charge is 0.226 e. The molecule has 1 N–H and O–H groups in total. The first-order valence-electron chi connectivity index (χ1n) is 12.8. The number of amides is 1. The molecule has 3 aliphatic carbocycles. The summed E-state index contributed by atoms with van der Waals surface area (Å²) in [6, 6.07) is 11.9. The molecule has 1 unspecified atom stereocenters. The van der Waals surface area contributed by atoms with Gasteiger partial charge in [0, 0.05) is 29.4 Å². The Morgan fingerprint density at radius 3 is 2.53 bits per heavy atom. The van der Waals surface area contributed by atoms with Gasteiger partial charge in [0.1, 0.15) is 5.78 Å². The molecule has 36 heavy (non-hydrogen) atoms. The Balaban J connectivity index is 1.15. The molecule has 7 rings (SSSR count). The summed E-state index contributed by atoms with van der Waals surface area (Å²) in [4.78, 5) is 31.5. The molecule has 0 spiro atoms. The van der Waals surface area contributed by atoms with Crippen LogP contribution in [-0.2, 0) is 16.1 Å². The lowest BCUT2D eigenvalue weighted by atomic mass is 9.62. The van der Waals surface area contributed by atoms with Crippen molar-refractivity contribution in [1.82, 2.24) is 14.9 Å². The second kappa shape index (κ2) is 8.64.